The van der Waals surface area contributed by atoms with Gasteiger partial charge in [-0.2, -0.15) is 0 Å². The van der Waals surface area contributed by atoms with Crippen molar-refractivity contribution in [2.75, 3.05) is 6.61 Å². The lowest BCUT2D eigenvalue weighted by atomic mass is 10.1. The highest BCUT2D eigenvalue weighted by Crippen LogP contribution is 2.22. The fourth-order valence-electron chi connectivity index (χ4n) is 2.98. The number of amides is 1. The lowest BCUT2D eigenvalue weighted by Gasteiger charge is -2.19. The van der Waals surface area contributed by atoms with Crippen molar-refractivity contribution in [3.63, 3.8) is 0 Å². The highest BCUT2D eigenvalue weighted by atomic mass is 35.5. The number of aromatic nitrogens is 2. The summed E-state index contributed by atoms with van der Waals surface area (Å²) in [5, 5.41) is 3.65. The molecule has 0 aliphatic carbocycles. The highest BCUT2D eigenvalue weighted by Gasteiger charge is 2.21. The number of halogens is 1. The Kier molecular flexibility index (Phi) is 5.81. The molecule has 27 heavy (non-hydrogen) atoms. The summed E-state index contributed by atoms with van der Waals surface area (Å²) in [5.41, 5.74) is 3.09. The van der Waals surface area contributed by atoms with Crippen molar-refractivity contribution in [3.05, 3.63) is 82.4 Å². The Bertz CT molecular complexity index is 915. The fraction of sp³-hybridized carbons (Fsp3) is 0.238. The minimum Gasteiger partial charge on any atom is -0.484 e. The van der Waals surface area contributed by atoms with Crippen molar-refractivity contribution in [1.29, 1.82) is 0 Å². The van der Waals surface area contributed by atoms with Gasteiger partial charge in [0.2, 0.25) is 0 Å². The molecule has 1 heterocycles. The van der Waals surface area contributed by atoms with Gasteiger partial charge in [-0.25, -0.2) is 4.98 Å². The summed E-state index contributed by atoms with van der Waals surface area (Å²) in [7, 11) is 1.89. The number of nitrogens with one attached hydrogen (secondary N) is 1. The van der Waals surface area contributed by atoms with Crippen molar-refractivity contribution < 1.29 is 9.53 Å². The Morgan fingerprint density at radius 2 is 1.85 bits per heavy atom. The molecule has 1 N–H and O–H groups in total. The lowest BCUT2D eigenvalue weighted by molar-refractivity contribution is -0.123. The first-order valence-electron chi connectivity index (χ1n) is 8.65. The number of carbonyl (C=O) groups is 1. The number of hydrogen-bond donors (Lipinski definition) is 1. The van der Waals surface area contributed by atoms with Gasteiger partial charge >= 0.3 is 0 Å². The van der Waals surface area contributed by atoms with E-state index in [0.717, 1.165) is 22.5 Å². The van der Waals surface area contributed by atoms with Crippen LogP contribution < -0.4 is 10.1 Å². The topological polar surface area (TPSA) is 56.1 Å². The van der Waals surface area contributed by atoms with Gasteiger partial charge in [-0.1, -0.05) is 29.8 Å². The zero-order chi connectivity index (χ0) is 19.4. The fourth-order valence-corrected chi connectivity index (χ4v) is 3.10. The van der Waals surface area contributed by atoms with Crippen LogP contribution in [0, 0.1) is 13.8 Å². The maximum absolute atomic E-state index is 12.5. The molecule has 1 atom stereocenters. The van der Waals surface area contributed by atoms with E-state index in [4.69, 9.17) is 16.3 Å². The van der Waals surface area contributed by atoms with Crippen LogP contribution in [0.5, 0.6) is 5.75 Å². The summed E-state index contributed by atoms with van der Waals surface area (Å²) in [5.74, 6) is 1.19. The van der Waals surface area contributed by atoms with Crippen LogP contribution in [0.3, 0.4) is 0 Å². The monoisotopic (exact) mass is 383 g/mol. The van der Waals surface area contributed by atoms with Crippen molar-refractivity contribution in [3.8, 4) is 5.75 Å². The van der Waals surface area contributed by atoms with Gasteiger partial charge < -0.3 is 14.6 Å². The van der Waals surface area contributed by atoms with E-state index in [-0.39, 0.29) is 12.5 Å². The first-order valence-corrected chi connectivity index (χ1v) is 9.03. The molecule has 0 spiro atoms. The normalized spacial score (nSPS) is 11.9. The standard InChI is InChI=1S/C21H22ClN3O2/c1-14-10-15(2)12-18(11-14)27-13-19(26)24-20(21-23-8-9-25(21)3)16-4-6-17(22)7-5-16/h4-12,20H,13H2,1-3H3,(H,24,26)/t20-/m1/s1. The quantitative estimate of drug-likeness (QED) is 0.700. The second-order valence-corrected chi connectivity index (χ2v) is 7.00. The number of carbonyl (C=O) groups excluding carboxylic acids is 1. The first kappa shape index (κ1) is 19.0. The van der Waals surface area contributed by atoms with Crippen LogP contribution in [0.15, 0.2) is 54.9 Å². The molecule has 0 bridgehead atoms. The van der Waals surface area contributed by atoms with Crippen LogP contribution in [-0.2, 0) is 11.8 Å². The summed E-state index contributed by atoms with van der Waals surface area (Å²) >= 11 is 5.99. The number of rotatable bonds is 6. The molecule has 0 unspecified atom stereocenters. The Hall–Kier alpha value is -2.79. The van der Waals surface area contributed by atoms with Gasteiger partial charge in [-0.15, -0.1) is 0 Å². The van der Waals surface area contributed by atoms with Crippen LogP contribution >= 0.6 is 11.6 Å². The van der Waals surface area contributed by atoms with Gasteiger partial charge in [-0.3, -0.25) is 4.79 Å². The van der Waals surface area contributed by atoms with E-state index < -0.39 is 6.04 Å². The molecule has 0 aliphatic heterocycles. The highest BCUT2D eigenvalue weighted by molar-refractivity contribution is 6.30. The third-order valence-corrected chi connectivity index (χ3v) is 4.44. The predicted octanol–water partition coefficient (Wildman–Crippen LogP) is 3.97. The smallest absolute Gasteiger partial charge is 0.258 e. The molecule has 0 saturated heterocycles. The second-order valence-electron chi connectivity index (χ2n) is 6.56. The molecule has 5 nitrogen and oxygen atoms in total. The van der Waals surface area contributed by atoms with Gasteiger partial charge in [0.05, 0.1) is 0 Å². The molecule has 3 rings (SSSR count). The number of benzene rings is 2. The maximum Gasteiger partial charge on any atom is 0.258 e. The van der Waals surface area contributed by atoms with E-state index >= 15 is 0 Å². The van der Waals surface area contributed by atoms with Gasteiger partial charge in [0.15, 0.2) is 6.61 Å². The molecule has 6 heteroatoms. The Labute approximate surface area is 164 Å². The molecule has 3 aromatic rings. The summed E-state index contributed by atoms with van der Waals surface area (Å²) in [6, 6.07) is 12.9. The van der Waals surface area contributed by atoms with E-state index in [2.05, 4.69) is 16.4 Å². The van der Waals surface area contributed by atoms with Crippen LogP contribution in [0.1, 0.15) is 28.6 Å². The van der Waals surface area contributed by atoms with Gasteiger partial charge in [-0.05, 0) is 54.8 Å². The van der Waals surface area contributed by atoms with Crippen molar-refractivity contribution in [2.45, 2.75) is 19.9 Å². The zero-order valence-electron chi connectivity index (χ0n) is 15.6. The minimum atomic E-state index is -0.391. The van der Waals surface area contributed by atoms with Crippen molar-refractivity contribution in [1.82, 2.24) is 14.9 Å². The Balaban J connectivity index is 1.74. The molecular weight excluding hydrogens is 362 g/mol. The number of ether oxygens (including phenoxy) is 1. The van der Waals surface area contributed by atoms with Gasteiger partial charge in [0.1, 0.15) is 17.6 Å². The van der Waals surface area contributed by atoms with Crippen LogP contribution in [-0.4, -0.2) is 22.1 Å². The third kappa shape index (κ3) is 4.89. The molecule has 0 aliphatic rings. The van der Waals surface area contributed by atoms with Crippen molar-refractivity contribution >= 4 is 17.5 Å². The maximum atomic E-state index is 12.5. The molecular formula is C21H22ClN3O2. The SMILES string of the molecule is Cc1cc(C)cc(OCC(=O)N[C@H](c2ccc(Cl)cc2)c2nccn2C)c1. The van der Waals surface area contributed by atoms with E-state index in [1.165, 1.54) is 0 Å². The van der Waals surface area contributed by atoms with Gasteiger partial charge in [0, 0.05) is 24.5 Å². The van der Waals surface area contributed by atoms with E-state index in [1.807, 2.05) is 55.9 Å². The number of hydrogen-bond acceptors (Lipinski definition) is 3. The molecule has 2 aromatic carbocycles. The van der Waals surface area contributed by atoms with E-state index in [0.29, 0.717) is 10.8 Å². The van der Waals surface area contributed by atoms with E-state index in [1.54, 1.807) is 18.3 Å². The average molecular weight is 384 g/mol. The molecule has 1 aromatic heterocycles. The summed E-state index contributed by atoms with van der Waals surface area (Å²) < 4.78 is 7.55. The van der Waals surface area contributed by atoms with Crippen molar-refractivity contribution in [2.24, 2.45) is 7.05 Å². The van der Waals surface area contributed by atoms with Crippen LogP contribution in [0.2, 0.25) is 5.02 Å². The molecule has 1 amide bonds. The van der Waals surface area contributed by atoms with E-state index in [9.17, 15) is 4.79 Å². The number of imidazole rings is 1. The third-order valence-electron chi connectivity index (χ3n) is 4.19. The Morgan fingerprint density at radius 3 is 2.44 bits per heavy atom. The van der Waals surface area contributed by atoms with Crippen LogP contribution in [0.25, 0.3) is 0 Å². The zero-order valence-corrected chi connectivity index (χ0v) is 16.3. The molecule has 0 saturated carbocycles. The number of aryl methyl sites for hydroxylation is 3. The Morgan fingerprint density at radius 1 is 1.19 bits per heavy atom. The average Bonchev–Trinajstić information content (AvgIpc) is 3.04. The second kappa shape index (κ2) is 8.27. The summed E-state index contributed by atoms with van der Waals surface area (Å²) in [6.07, 6.45) is 3.55. The summed E-state index contributed by atoms with van der Waals surface area (Å²) in [6.45, 7) is 3.92. The number of nitrogens with zero attached hydrogens (tertiary/aromatic N) is 2. The van der Waals surface area contributed by atoms with Crippen LogP contribution in [0.4, 0.5) is 0 Å². The molecule has 140 valence electrons. The molecule has 0 radical (unpaired) electrons. The summed E-state index contributed by atoms with van der Waals surface area (Å²) in [4.78, 5) is 16.9. The lowest BCUT2D eigenvalue weighted by Crippen LogP contribution is -2.34. The van der Waals surface area contributed by atoms with Gasteiger partial charge in [0.25, 0.3) is 5.91 Å². The first-order chi connectivity index (χ1) is 12.9. The minimum absolute atomic E-state index is 0.0720. The molecule has 0 fully saturated rings. The largest absolute Gasteiger partial charge is 0.484 e. The predicted molar refractivity (Wildman–Crippen MR) is 106 cm³/mol.